The Hall–Kier alpha value is -2.21. The fourth-order valence-electron chi connectivity index (χ4n) is 1.73. The zero-order valence-electron chi connectivity index (χ0n) is 11.0. The quantitative estimate of drug-likeness (QED) is 0.872. The number of nitrogens with one attached hydrogen (secondary N) is 1. The predicted molar refractivity (Wildman–Crippen MR) is 74.3 cm³/mol. The summed E-state index contributed by atoms with van der Waals surface area (Å²) < 4.78 is 17.0. The van der Waals surface area contributed by atoms with E-state index in [-0.39, 0.29) is 10.5 Å². The van der Waals surface area contributed by atoms with Gasteiger partial charge >= 0.3 is 5.97 Å². The van der Waals surface area contributed by atoms with Crippen LogP contribution in [0.2, 0.25) is 0 Å². The zero-order chi connectivity index (χ0) is 14.7. The van der Waals surface area contributed by atoms with E-state index in [1.807, 2.05) is 0 Å². The fourth-order valence-corrected chi connectivity index (χ4v) is 2.84. The molecule has 0 amide bonds. The molecule has 0 bridgehead atoms. The van der Waals surface area contributed by atoms with Crippen molar-refractivity contribution in [2.45, 2.75) is 16.7 Å². The highest BCUT2D eigenvalue weighted by molar-refractivity contribution is 7.85. The van der Waals surface area contributed by atoms with Crippen LogP contribution in [0, 0.1) is 6.92 Å². The molecule has 104 valence electrons. The number of hydrogen-bond acceptors (Lipinski definition) is 4. The Kier molecular flexibility index (Phi) is 4.14. The summed E-state index contributed by atoms with van der Waals surface area (Å²) in [5, 5.41) is 0. The van der Waals surface area contributed by atoms with Crippen molar-refractivity contribution in [3.05, 3.63) is 58.0 Å². The molecule has 6 heteroatoms. The molecule has 0 radical (unpaired) electrons. The first kappa shape index (κ1) is 14.2. The van der Waals surface area contributed by atoms with E-state index < -0.39 is 22.3 Å². The summed E-state index contributed by atoms with van der Waals surface area (Å²) in [6.07, 6.45) is 0. The summed E-state index contributed by atoms with van der Waals surface area (Å²) in [6, 6.07) is 9.90. The van der Waals surface area contributed by atoms with Gasteiger partial charge in [-0.2, -0.15) is 0 Å². The van der Waals surface area contributed by atoms with Gasteiger partial charge in [0, 0.05) is 10.6 Å². The molecule has 2 aromatic rings. The van der Waals surface area contributed by atoms with Gasteiger partial charge in [0.05, 0.1) is 23.5 Å². The van der Waals surface area contributed by atoms with Crippen LogP contribution < -0.4 is 5.56 Å². The Bertz CT molecular complexity index is 722. The topological polar surface area (TPSA) is 76.2 Å². The number of methoxy groups -OCH3 is 1. The Morgan fingerprint density at radius 2 is 1.90 bits per heavy atom. The molecule has 0 fully saturated rings. The molecule has 1 aromatic carbocycles. The summed E-state index contributed by atoms with van der Waals surface area (Å²) >= 11 is 0. The van der Waals surface area contributed by atoms with Crippen molar-refractivity contribution in [3.63, 3.8) is 0 Å². The highest BCUT2D eigenvalue weighted by atomic mass is 32.2. The van der Waals surface area contributed by atoms with Crippen molar-refractivity contribution in [2.75, 3.05) is 7.11 Å². The maximum absolute atomic E-state index is 12.4. The Labute approximate surface area is 118 Å². The molecule has 1 atom stereocenters. The van der Waals surface area contributed by atoms with Crippen LogP contribution >= 0.6 is 0 Å². The van der Waals surface area contributed by atoms with Gasteiger partial charge in [0.1, 0.15) is 4.90 Å². The number of hydrogen-bond donors (Lipinski definition) is 1. The summed E-state index contributed by atoms with van der Waals surface area (Å²) in [5.74, 6) is -0.579. The van der Waals surface area contributed by atoms with Crippen LogP contribution in [0.5, 0.6) is 0 Å². The van der Waals surface area contributed by atoms with Gasteiger partial charge in [-0.1, -0.05) is 18.2 Å². The van der Waals surface area contributed by atoms with E-state index in [4.69, 9.17) is 0 Å². The summed E-state index contributed by atoms with van der Waals surface area (Å²) in [4.78, 5) is 26.6. The molecule has 1 aromatic heterocycles. The molecule has 5 nitrogen and oxygen atoms in total. The van der Waals surface area contributed by atoms with Crippen LogP contribution in [0.1, 0.15) is 16.1 Å². The molecule has 20 heavy (non-hydrogen) atoms. The predicted octanol–water partition coefficient (Wildman–Crippen LogP) is 1.64. The number of aromatic amines is 1. The number of carbonyl (C=O) groups excluding carboxylic acids is 1. The highest BCUT2D eigenvalue weighted by Crippen LogP contribution is 2.15. The van der Waals surface area contributed by atoms with E-state index >= 15 is 0 Å². The van der Waals surface area contributed by atoms with Crippen molar-refractivity contribution in [2.24, 2.45) is 0 Å². The van der Waals surface area contributed by atoms with Gasteiger partial charge in [0.15, 0.2) is 0 Å². The fraction of sp³-hybridized carbons (Fsp3) is 0.143. The normalized spacial score (nSPS) is 11.9. The first-order chi connectivity index (χ1) is 9.54. The van der Waals surface area contributed by atoms with Gasteiger partial charge in [-0.15, -0.1) is 0 Å². The molecule has 2 rings (SSSR count). The number of ether oxygens (including phenoxy) is 1. The minimum atomic E-state index is -1.65. The molecule has 1 heterocycles. The van der Waals surface area contributed by atoms with Gasteiger partial charge < -0.3 is 9.72 Å². The van der Waals surface area contributed by atoms with Gasteiger partial charge in [0.2, 0.25) is 0 Å². The Morgan fingerprint density at radius 3 is 2.50 bits per heavy atom. The molecule has 0 aliphatic heterocycles. The molecule has 0 saturated carbocycles. The van der Waals surface area contributed by atoms with Crippen molar-refractivity contribution >= 4 is 16.8 Å². The van der Waals surface area contributed by atoms with E-state index in [0.29, 0.717) is 10.6 Å². The van der Waals surface area contributed by atoms with Crippen LogP contribution in [-0.4, -0.2) is 22.3 Å². The third kappa shape index (κ3) is 2.70. The summed E-state index contributed by atoms with van der Waals surface area (Å²) in [7, 11) is -0.396. The minimum Gasteiger partial charge on any atom is -0.465 e. The van der Waals surface area contributed by atoms with Crippen LogP contribution in [0.3, 0.4) is 0 Å². The second-order valence-corrected chi connectivity index (χ2v) is 5.52. The van der Waals surface area contributed by atoms with E-state index in [1.54, 1.807) is 37.3 Å². The number of benzene rings is 1. The number of esters is 1. The van der Waals surface area contributed by atoms with E-state index in [9.17, 15) is 13.8 Å². The van der Waals surface area contributed by atoms with Crippen LogP contribution in [0.25, 0.3) is 0 Å². The molecular formula is C14H13NO4S. The number of aromatic nitrogens is 1. The average Bonchev–Trinajstić information content (AvgIpc) is 2.47. The van der Waals surface area contributed by atoms with E-state index in [2.05, 4.69) is 9.72 Å². The van der Waals surface area contributed by atoms with Gasteiger partial charge in [-0.05, 0) is 25.1 Å². The number of H-pyrrole nitrogens is 1. The number of aryl methyl sites for hydroxylation is 1. The minimum absolute atomic E-state index is 0.0298. The largest absolute Gasteiger partial charge is 0.465 e. The first-order valence-corrected chi connectivity index (χ1v) is 6.98. The number of carbonyl (C=O) groups is 1. The van der Waals surface area contributed by atoms with Gasteiger partial charge in [-0.3, -0.25) is 4.79 Å². The van der Waals surface area contributed by atoms with Gasteiger partial charge in [-0.25, -0.2) is 9.00 Å². The molecule has 1 N–H and O–H groups in total. The maximum atomic E-state index is 12.4. The molecule has 0 spiro atoms. The van der Waals surface area contributed by atoms with Gasteiger partial charge in [0.25, 0.3) is 5.56 Å². The van der Waals surface area contributed by atoms with Crippen LogP contribution in [0.4, 0.5) is 0 Å². The lowest BCUT2D eigenvalue weighted by Crippen LogP contribution is -2.19. The second kappa shape index (κ2) is 5.83. The van der Waals surface area contributed by atoms with Crippen molar-refractivity contribution in [1.29, 1.82) is 0 Å². The maximum Gasteiger partial charge on any atom is 0.339 e. The van der Waals surface area contributed by atoms with Crippen molar-refractivity contribution < 1.29 is 13.7 Å². The lowest BCUT2D eigenvalue weighted by molar-refractivity contribution is 0.0599. The number of rotatable bonds is 3. The van der Waals surface area contributed by atoms with Crippen LogP contribution in [-0.2, 0) is 15.5 Å². The highest BCUT2D eigenvalue weighted by Gasteiger charge is 2.17. The Morgan fingerprint density at radius 1 is 1.25 bits per heavy atom. The molecular weight excluding hydrogens is 278 g/mol. The lowest BCUT2D eigenvalue weighted by Gasteiger charge is -2.07. The standard InChI is InChI=1S/C14H13NO4S/c1-9-11(14(17)19-2)8-12(13(16)15-9)20(18)10-6-4-3-5-7-10/h3-8H,1-2H3,(H,15,16). The molecule has 0 aliphatic rings. The monoisotopic (exact) mass is 291 g/mol. The third-order valence-corrected chi connectivity index (χ3v) is 4.17. The second-order valence-electron chi connectivity index (χ2n) is 4.07. The smallest absolute Gasteiger partial charge is 0.339 e. The first-order valence-electron chi connectivity index (χ1n) is 5.83. The Balaban J connectivity index is 2.55. The SMILES string of the molecule is COC(=O)c1cc(S(=O)c2ccccc2)c(=O)[nH]c1C. The zero-order valence-corrected chi connectivity index (χ0v) is 11.8. The van der Waals surface area contributed by atoms with E-state index in [0.717, 1.165) is 0 Å². The molecule has 0 aliphatic carbocycles. The molecule has 1 unspecified atom stereocenters. The van der Waals surface area contributed by atoms with Crippen molar-refractivity contribution in [3.8, 4) is 0 Å². The third-order valence-electron chi connectivity index (χ3n) is 2.77. The summed E-state index contributed by atoms with van der Waals surface area (Å²) in [6.45, 7) is 1.59. The lowest BCUT2D eigenvalue weighted by atomic mass is 10.2. The average molecular weight is 291 g/mol. The van der Waals surface area contributed by atoms with Crippen molar-refractivity contribution in [1.82, 2.24) is 4.98 Å². The molecule has 0 saturated heterocycles. The number of pyridine rings is 1. The summed E-state index contributed by atoms with van der Waals surface area (Å²) in [5.41, 5.74) is 0.111. The van der Waals surface area contributed by atoms with Crippen LogP contribution in [0.15, 0.2) is 51.0 Å². The van der Waals surface area contributed by atoms with E-state index in [1.165, 1.54) is 13.2 Å².